The van der Waals surface area contributed by atoms with Gasteiger partial charge in [0.05, 0.1) is 18.7 Å². The van der Waals surface area contributed by atoms with Gasteiger partial charge < -0.3 is 10.2 Å². The van der Waals surface area contributed by atoms with E-state index in [4.69, 9.17) is 0 Å². The molecule has 1 atom stereocenters. The van der Waals surface area contributed by atoms with Gasteiger partial charge in [-0.2, -0.15) is 5.10 Å². The van der Waals surface area contributed by atoms with Crippen molar-refractivity contribution in [1.82, 2.24) is 20.0 Å². The van der Waals surface area contributed by atoms with E-state index in [0.29, 0.717) is 32.6 Å². The molecule has 2 heterocycles. The lowest BCUT2D eigenvalue weighted by atomic mass is 10.1. The van der Waals surface area contributed by atoms with E-state index < -0.39 is 0 Å². The number of carbonyl (C=O) groups is 2. The number of nitrogens with zero attached hydrogens (tertiary/aromatic N) is 3. The molecule has 6 nitrogen and oxygen atoms in total. The van der Waals surface area contributed by atoms with E-state index in [2.05, 4.69) is 10.4 Å². The van der Waals surface area contributed by atoms with E-state index >= 15 is 0 Å². The number of amides is 2. The Balaban J connectivity index is 1.74. The number of hydrogen-bond acceptors (Lipinski definition) is 3. The molecule has 0 spiro atoms. The molecule has 1 N–H and O–H groups in total. The first kappa shape index (κ1) is 13.6. The third-order valence-electron chi connectivity index (χ3n) is 3.37. The molecule has 1 aromatic heterocycles. The molecule has 0 unspecified atom stereocenters. The summed E-state index contributed by atoms with van der Waals surface area (Å²) in [5.74, 6) is -0.162. The molecule has 1 fully saturated rings. The second-order valence-corrected chi connectivity index (χ2v) is 4.91. The van der Waals surface area contributed by atoms with Crippen LogP contribution in [0.15, 0.2) is 12.4 Å². The summed E-state index contributed by atoms with van der Waals surface area (Å²) in [7, 11) is 0. The average molecular weight is 264 g/mol. The largest absolute Gasteiger partial charge is 0.354 e. The number of likely N-dealkylation sites (tertiary alicyclic amines) is 1. The Morgan fingerprint density at radius 2 is 2.37 bits per heavy atom. The Morgan fingerprint density at radius 3 is 2.95 bits per heavy atom. The second-order valence-electron chi connectivity index (χ2n) is 4.91. The molecule has 0 saturated carbocycles. The van der Waals surface area contributed by atoms with E-state index in [1.165, 1.54) is 0 Å². The molecule has 19 heavy (non-hydrogen) atoms. The lowest BCUT2D eigenvalue weighted by Crippen LogP contribution is -2.34. The van der Waals surface area contributed by atoms with E-state index in [1.54, 1.807) is 15.8 Å². The van der Waals surface area contributed by atoms with Gasteiger partial charge in [0.1, 0.15) is 0 Å². The predicted octanol–water partition coefficient (Wildman–Crippen LogP) is 0.176. The molecule has 0 radical (unpaired) electrons. The number of aromatic nitrogens is 2. The Hall–Kier alpha value is -1.85. The lowest BCUT2D eigenvalue weighted by molar-refractivity contribution is -0.128. The highest BCUT2D eigenvalue weighted by Gasteiger charge is 2.32. The maximum Gasteiger partial charge on any atom is 0.225 e. The van der Waals surface area contributed by atoms with Gasteiger partial charge in [-0.1, -0.05) is 0 Å². The van der Waals surface area contributed by atoms with Gasteiger partial charge in [-0.25, -0.2) is 0 Å². The first-order valence-electron chi connectivity index (χ1n) is 6.64. The lowest BCUT2D eigenvalue weighted by Gasteiger charge is -2.13. The van der Waals surface area contributed by atoms with Crippen molar-refractivity contribution in [3.05, 3.63) is 18.0 Å². The maximum absolute atomic E-state index is 11.9. The molecule has 0 aromatic carbocycles. The first-order chi connectivity index (χ1) is 9.10. The molecule has 1 aliphatic rings. The van der Waals surface area contributed by atoms with Crippen LogP contribution in [0.1, 0.15) is 18.9 Å². The van der Waals surface area contributed by atoms with Crippen LogP contribution in [0.2, 0.25) is 0 Å². The SMILES string of the molecule is CCN1C[C@H](C(=O)NCCn2cc(C)cn2)CC1=O. The molecule has 104 valence electrons. The fourth-order valence-corrected chi connectivity index (χ4v) is 2.28. The molecular weight excluding hydrogens is 244 g/mol. The van der Waals surface area contributed by atoms with E-state index in [-0.39, 0.29) is 17.7 Å². The Labute approximate surface area is 112 Å². The third kappa shape index (κ3) is 3.33. The van der Waals surface area contributed by atoms with Crippen molar-refractivity contribution < 1.29 is 9.59 Å². The van der Waals surface area contributed by atoms with E-state index in [0.717, 1.165) is 5.56 Å². The molecule has 1 saturated heterocycles. The minimum absolute atomic E-state index is 0.0341. The summed E-state index contributed by atoms with van der Waals surface area (Å²) in [4.78, 5) is 25.2. The van der Waals surface area contributed by atoms with Gasteiger partial charge in [-0.15, -0.1) is 0 Å². The molecule has 0 bridgehead atoms. The van der Waals surface area contributed by atoms with Crippen LogP contribution >= 0.6 is 0 Å². The van der Waals surface area contributed by atoms with Crippen LogP contribution in [0.3, 0.4) is 0 Å². The average Bonchev–Trinajstić information content (AvgIpc) is 2.95. The molecule has 2 amide bonds. The topological polar surface area (TPSA) is 67.2 Å². The number of hydrogen-bond donors (Lipinski definition) is 1. The molecule has 0 aliphatic carbocycles. The van der Waals surface area contributed by atoms with Crippen molar-refractivity contribution in [2.75, 3.05) is 19.6 Å². The van der Waals surface area contributed by atoms with Crippen molar-refractivity contribution in [3.63, 3.8) is 0 Å². The Bertz CT molecular complexity index is 469. The first-order valence-corrected chi connectivity index (χ1v) is 6.64. The summed E-state index contributed by atoms with van der Waals surface area (Å²) in [6.07, 6.45) is 4.06. The summed E-state index contributed by atoms with van der Waals surface area (Å²) < 4.78 is 1.80. The van der Waals surface area contributed by atoms with E-state index in [1.807, 2.05) is 20.0 Å². The fraction of sp³-hybridized carbons (Fsp3) is 0.615. The van der Waals surface area contributed by atoms with Gasteiger partial charge in [-0.3, -0.25) is 14.3 Å². The van der Waals surface area contributed by atoms with Gasteiger partial charge in [0, 0.05) is 32.3 Å². The minimum atomic E-state index is -0.202. The third-order valence-corrected chi connectivity index (χ3v) is 3.37. The highest BCUT2D eigenvalue weighted by Crippen LogP contribution is 2.17. The van der Waals surface area contributed by atoms with Crippen molar-refractivity contribution in [1.29, 1.82) is 0 Å². The monoisotopic (exact) mass is 264 g/mol. The summed E-state index contributed by atoms with van der Waals surface area (Å²) in [5.41, 5.74) is 1.10. The van der Waals surface area contributed by atoms with Crippen LogP contribution in [-0.4, -0.2) is 46.1 Å². The number of aryl methyl sites for hydroxylation is 1. The summed E-state index contributed by atoms with van der Waals surface area (Å²) in [5, 5.41) is 7.02. The Morgan fingerprint density at radius 1 is 1.58 bits per heavy atom. The smallest absolute Gasteiger partial charge is 0.225 e. The van der Waals surface area contributed by atoms with Crippen LogP contribution in [0.5, 0.6) is 0 Å². The zero-order chi connectivity index (χ0) is 13.8. The van der Waals surface area contributed by atoms with Gasteiger partial charge in [-0.05, 0) is 19.4 Å². The maximum atomic E-state index is 11.9. The molecule has 1 aromatic rings. The highest BCUT2D eigenvalue weighted by atomic mass is 16.2. The summed E-state index contributed by atoms with van der Waals surface area (Å²) in [6.45, 7) is 6.31. The van der Waals surface area contributed by atoms with Gasteiger partial charge >= 0.3 is 0 Å². The van der Waals surface area contributed by atoms with Crippen LogP contribution in [0.4, 0.5) is 0 Å². The van der Waals surface area contributed by atoms with Crippen molar-refractivity contribution in [3.8, 4) is 0 Å². The van der Waals surface area contributed by atoms with Gasteiger partial charge in [0.15, 0.2) is 0 Å². The molecule has 1 aliphatic heterocycles. The highest BCUT2D eigenvalue weighted by molar-refractivity contribution is 5.89. The number of rotatable bonds is 5. The van der Waals surface area contributed by atoms with Crippen molar-refractivity contribution >= 4 is 11.8 Å². The standard InChI is InChI=1S/C13H20N4O2/c1-3-16-9-11(6-12(16)18)13(19)14-4-5-17-8-10(2)7-15-17/h7-8,11H,3-6,9H2,1-2H3,(H,14,19)/t11-/m1/s1. The van der Waals surface area contributed by atoms with Crippen LogP contribution in [-0.2, 0) is 16.1 Å². The number of nitrogens with one attached hydrogen (secondary N) is 1. The summed E-state index contributed by atoms with van der Waals surface area (Å²) >= 11 is 0. The predicted molar refractivity (Wildman–Crippen MR) is 70.3 cm³/mol. The zero-order valence-electron chi connectivity index (χ0n) is 11.4. The van der Waals surface area contributed by atoms with E-state index in [9.17, 15) is 9.59 Å². The minimum Gasteiger partial charge on any atom is -0.354 e. The number of carbonyl (C=O) groups excluding carboxylic acids is 2. The quantitative estimate of drug-likeness (QED) is 0.824. The Kier molecular flexibility index (Phi) is 4.19. The fourth-order valence-electron chi connectivity index (χ4n) is 2.28. The van der Waals surface area contributed by atoms with Crippen molar-refractivity contribution in [2.24, 2.45) is 5.92 Å². The van der Waals surface area contributed by atoms with Crippen LogP contribution in [0.25, 0.3) is 0 Å². The van der Waals surface area contributed by atoms with Gasteiger partial charge in [0.2, 0.25) is 11.8 Å². The molecule has 2 rings (SSSR count). The summed E-state index contributed by atoms with van der Waals surface area (Å²) in [6, 6.07) is 0. The molecule has 6 heteroatoms. The second kappa shape index (κ2) is 5.86. The normalized spacial score (nSPS) is 18.9. The zero-order valence-corrected chi connectivity index (χ0v) is 11.4. The van der Waals surface area contributed by atoms with Crippen LogP contribution < -0.4 is 5.32 Å². The van der Waals surface area contributed by atoms with Crippen molar-refractivity contribution in [2.45, 2.75) is 26.8 Å². The van der Waals surface area contributed by atoms with Crippen LogP contribution in [0, 0.1) is 12.8 Å². The van der Waals surface area contributed by atoms with Gasteiger partial charge in [0.25, 0.3) is 0 Å². The molecular formula is C13H20N4O2.